The Morgan fingerprint density at radius 3 is 2.03 bits per heavy atom. The van der Waals surface area contributed by atoms with Crippen LogP contribution in [0.15, 0.2) is 12.2 Å². The molecule has 0 aromatic heterocycles. The van der Waals surface area contributed by atoms with Gasteiger partial charge in [0, 0.05) is 12.8 Å². The van der Waals surface area contributed by atoms with Crippen molar-refractivity contribution in [3.05, 3.63) is 12.2 Å². The molecule has 0 spiro atoms. The fourth-order valence-corrected chi connectivity index (χ4v) is 4.12. The van der Waals surface area contributed by atoms with E-state index in [-0.39, 0.29) is 26.1 Å². The molecule has 2 unspecified atom stereocenters. The average Bonchev–Trinajstić information content (AvgIpc) is 2.83. The summed E-state index contributed by atoms with van der Waals surface area (Å²) in [5.41, 5.74) is 0. The van der Waals surface area contributed by atoms with Crippen molar-refractivity contribution in [2.45, 2.75) is 110 Å². The van der Waals surface area contributed by atoms with Crippen LogP contribution in [0, 0.1) is 0 Å². The summed E-state index contributed by atoms with van der Waals surface area (Å²) in [5.74, 6) is -0.879. The summed E-state index contributed by atoms with van der Waals surface area (Å²) < 4.78 is 33.1. The van der Waals surface area contributed by atoms with Crippen LogP contribution >= 0.6 is 7.82 Å². The number of likely N-dealkylation sites (N-methyl/N-ethyl adjacent to an activating group) is 1. The molecule has 0 aromatic rings. The topological polar surface area (TPSA) is 111 Å². The van der Waals surface area contributed by atoms with Gasteiger partial charge in [-0.05, 0) is 32.1 Å². The van der Waals surface area contributed by atoms with Crippen LogP contribution in [0.2, 0.25) is 0 Å². The number of quaternary nitrogens is 1. The maximum Gasteiger partial charge on any atom is 0.306 e. The number of ether oxygens (including phenoxy) is 2. The normalized spacial score (nSPS) is 14.4. The van der Waals surface area contributed by atoms with E-state index < -0.39 is 32.5 Å². The number of carbonyl (C=O) groups is 2. The predicted molar refractivity (Wildman–Crippen MR) is 148 cm³/mol. The Morgan fingerprint density at radius 2 is 1.37 bits per heavy atom. The smallest absolute Gasteiger partial charge is 0.306 e. The maximum atomic E-state index is 12.4. The first-order chi connectivity index (χ1) is 18.0. The second-order valence-electron chi connectivity index (χ2n) is 10.8. The summed E-state index contributed by atoms with van der Waals surface area (Å²) in [6.45, 7) is 3.94. The van der Waals surface area contributed by atoms with Gasteiger partial charge in [-0.2, -0.15) is 0 Å². The SMILES string of the molecule is CCCC/C=C\CCCCCCCC(=O)OC(COC(=O)CCCCC)COP(=O)([O-])OCC[N+](C)(C)C. The molecule has 0 aliphatic rings. The molecular formula is C28H54NO8P. The predicted octanol–water partition coefficient (Wildman–Crippen LogP) is 5.71. The van der Waals surface area contributed by atoms with Crippen molar-refractivity contribution >= 4 is 19.8 Å². The molecule has 38 heavy (non-hydrogen) atoms. The van der Waals surface area contributed by atoms with E-state index in [4.69, 9.17) is 18.5 Å². The van der Waals surface area contributed by atoms with Gasteiger partial charge in [-0.1, -0.05) is 70.9 Å². The third kappa shape index (κ3) is 25.1. The van der Waals surface area contributed by atoms with Crippen molar-refractivity contribution in [3.63, 3.8) is 0 Å². The zero-order chi connectivity index (χ0) is 28.7. The first-order valence-corrected chi connectivity index (χ1v) is 15.9. The van der Waals surface area contributed by atoms with Gasteiger partial charge in [0.15, 0.2) is 6.10 Å². The first kappa shape index (κ1) is 36.8. The van der Waals surface area contributed by atoms with Crippen molar-refractivity contribution in [1.29, 1.82) is 0 Å². The van der Waals surface area contributed by atoms with Gasteiger partial charge in [-0.3, -0.25) is 14.2 Å². The maximum absolute atomic E-state index is 12.4. The minimum atomic E-state index is -4.59. The molecule has 9 nitrogen and oxygen atoms in total. The molecule has 0 fully saturated rings. The number of hydrogen-bond donors (Lipinski definition) is 0. The molecule has 0 aromatic carbocycles. The van der Waals surface area contributed by atoms with Gasteiger partial charge in [0.25, 0.3) is 7.82 Å². The van der Waals surface area contributed by atoms with Crippen LogP contribution in [0.3, 0.4) is 0 Å². The number of phosphoric ester groups is 1. The van der Waals surface area contributed by atoms with Gasteiger partial charge in [0.05, 0.1) is 27.7 Å². The standard InChI is InChI=1S/C28H54NO8P/c1-6-8-10-11-12-13-14-15-16-17-19-21-28(31)37-26(24-34-27(30)20-18-9-7-2)25-36-38(32,33)35-23-22-29(3,4)5/h11-12,26H,6-10,13-25H2,1-5H3/b12-11-. The van der Waals surface area contributed by atoms with Gasteiger partial charge >= 0.3 is 11.9 Å². The van der Waals surface area contributed by atoms with E-state index in [0.717, 1.165) is 51.4 Å². The Kier molecular flexibility index (Phi) is 21.8. The minimum absolute atomic E-state index is 0.0315. The minimum Gasteiger partial charge on any atom is -0.756 e. The monoisotopic (exact) mass is 563 g/mol. The Balaban J connectivity index is 4.48. The molecule has 0 bridgehead atoms. The van der Waals surface area contributed by atoms with E-state index >= 15 is 0 Å². The molecule has 0 rings (SSSR count). The summed E-state index contributed by atoms with van der Waals surface area (Å²) in [7, 11) is 1.15. The number of nitrogens with zero attached hydrogens (tertiary/aromatic N) is 1. The van der Waals surface area contributed by atoms with Crippen molar-refractivity contribution in [2.24, 2.45) is 0 Å². The average molecular weight is 564 g/mol. The molecule has 0 aliphatic heterocycles. The Hall–Kier alpha value is -1.25. The molecule has 10 heteroatoms. The molecule has 0 aliphatic carbocycles. The van der Waals surface area contributed by atoms with Crippen LogP contribution in [0.5, 0.6) is 0 Å². The van der Waals surface area contributed by atoms with E-state index in [1.807, 2.05) is 28.1 Å². The van der Waals surface area contributed by atoms with Crippen LogP contribution in [-0.2, 0) is 32.7 Å². The van der Waals surface area contributed by atoms with Gasteiger partial charge in [-0.15, -0.1) is 0 Å². The Morgan fingerprint density at radius 1 is 0.789 bits per heavy atom. The summed E-state index contributed by atoms with van der Waals surface area (Å²) in [5, 5.41) is 0. The van der Waals surface area contributed by atoms with Gasteiger partial charge in [0.2, 0.25) is 0 Å². The highest BCUT2D eigenvalue weighted by molar-refractivity contribution is 7.45. The summed E-state index contributed by atoms with van der Waals surface area (Å²) in [4.78, 5) is 36.5. The number of carbonyl (C=O) groups excluding carboxylic acids is 2. The van der Waals surface area contributed by atoms with Crippen LogP contribution < -0.4 is 4.89 Å². The van der Waals surface area contributed by atoms with Crippen molar-refractivity contribution in [1.82, 2.24) is 0 Å². The molecule has 224 valence electrons. The van der Waals surface area contributed by atoms with Crippen LogP contribution in [0.1, 0.15) is 104 Å². The largest absolute Gasteiger partial charge is 0.756 e. The van der Waals surface area contributed by atoms with E-state index in [1.165, 1.54) is 12.8 Å². The second kappa shape index (κ2) is 22.6. The lowest BCUT2D eigenvalue weighted by atomic mass is 10.1. The van der Waals surface area contributed by atoms with Crippen LogP contribution in [0.25, 0.3) is 0 Å². The molecule has 0 radical (unpaired) electrons. The molecule has 0 saturated carbocycles. The molecule has 0 amide bonds. The fraction of sp³-hybridized carbons (Fsp3) is 0.857. The van der Waals surface area contributed by atoms with E-state index in [1.54, 1.807) is 0 Å². The number of rotatable bonds is 25. The Bertz CT molecular complexity index is 693. The summed E-state index contributed by atoms with van der Waals surface area (Å²) in [6.07, 6.45) is 16.2. The van der Waals surface area contributed by atoms with Gasteiger partial charge in [-0.25, -0.2) is 0 Å². The van der Waals surface area contributed by atoms with Gasteiger partial charge in [0.1, 0.15) is 19.8 Å². The lowest BCUT2D eigenvalue weighted by Gasteiger charge is -2.28. The zero-order valence-electron chi connectivity index (χ0n) is 24.6. The molecule has 0 saturated heterocycles. The third-order valence-electron chi connectivity index (χ3n) is 5.79. The van der Waals surface area contributed by atoms with Crippen molar-refractivity contribution in [2.75, 3.05) is 47.5 Å². The van der Waals surface area contributed by atoms with E-state index in [2.05, 4.69) is 19.1 Å². The lowest BCUT2D eigenvalue weighted by molar-refractivity contribution is -0.870. The van der Waals surface area contributed by atoms with Crippen LogP contribution in [0.4, 0.5) is 0 Å². The molecule has 2 atom stereocenters. The number of esters is 2. The number of phosphoric acid groups is 1. The highest BCUT2D eigenvalue weighted by atomic mass is 31.2. The number of hydrogen-bond acceptors (Lipinski definition) is 8. The number of allylic oxidation sites excluding steroid dienone is 2. The van der Waals surface area contributed by atoms with Crippen LogP contribution in [-0.4, -0.2) is 70.0 Å². The highest BCUT2D eigenvalue weighted by Gasteiger charge is 2.21. The molecule has 0 heterocycles. The van der Waals surface area contributed by atoms with E-state index in [0.29, 0.717) is 23.9 Å². The summed E-state index contributed by atoms with van der Waals surface area (Å²) in [6, 6.07) is 0. The van der Waals surface area contributed by atoms with Crippen molar-refractivity contribution < 1.29 is 42.1 Å². The highest BCUT2D eigenvalue weighted by Crippen LogP contribution is 2.38. The number of unbranched alkanes of at least 4 members (excludes halogenated alkanes) is 9. The quantitative estimate of drug-likeness (QED) is 0.0457. The second-order valence-corrected chi connectivity index (χ2v) is 12.2. The zero-order valence-corrected chi connectivity index (χ0v) is 25.5. The lowest BCUT2D eigenvalue weighted by Crippen LogP contribution is -2.37. The first-order valence-electron chi connectivity index (χ1n) is 14.4. The third-order valence-corrected chi connectivity index (χ3v) is 6.75. The Labute approximate surface area is 231 Å². The van der Waals surface area contributed by atoms with Crippen molar-refractivity contribution in [3.8, 4) is 0 Å². The molecular weight excluding hydrogens is 509 g/mol. The van der Waals surface area contributed by atoms with Gasteiger partial charge < -0.3 is 27.9 Å². The fourth-order valence-electron chi connectivity index (χ4n) is 3.40. The molecule has 0 N–H and O–H groups in total. The summed E-state index contributed by atoms with van der Waals surface area (Å²) >= 11 is 0. The van der Waals surface area contributed by atoms with E-state index in [9.17, 15) is 19.0 Å².